The number of nitrogens with one attached hydrogen (secondary N) is 2. The number of aromatic nitrogens is 2. The van der Waals surface area contributed by atoms with Crippen LogP contribution < -0.4 is 10.6 Å². The van der Waals surface area contributed by atoms with E-state index in [1.807, 2.05) is 6.07 Å². The van der Waals surface area contributed by atoms with Gasteiger partial charge in [-0.3, -0.25) is 9.80 Å². The smallest absolute Gasteiger partial charge is 0.131 e. The molecule has 6 heteroatoms. The van der Waals surface area contributed by atoms with E-state index in [4.69, 9.17) is 0 Å². The number of benzene rings is 1. The van der Waals surface area contributed by atoms with Crippen molar-refractivity contribution < 1.29 is 0 Å². The van der Waals surface area contributed by atoms with Gasteiger partial charge in [-0.15, -0.1) is 0 Å². The van der Waals surface area contributed by atoms with Gasteiger partial charge in [0.05, 0.1) is 18.1 Å². The highest BCUT2D eigenvalue weighted by Gasteiger charge is 2.17. The Hall–Kier alpha value is -2.44. The van der Waals surface area contributed by atoms with Crippen molar-refractivity contribution in [1.82, 2.24) is 25.1 Å². The number of hydrogen-bond acceptors (Lipinski definition) is 6. The van der Waals surface area contributed by atoms with Crippen molar-refractivity contribution in [3.05, 3.63) is 60.1 Å². The second-order valence-corrected chi connectivity index (χ2v) is 8.15. The number of fused-ring (bicyclic) bond motifs is 1. The highest BCUT2D eigenvalue weighted by Crippen LogP contribution is 2.19. The van der Waals surface area contributed by atoms with E-state index in [9.17, 15) is 0 Å². The van der Waals surface area contributed by atoms with E-state index in [-0.39, 0.29) is 0 Å². The van der Waals surface area contributed by atoms with Gasteiger partial charge in [-0.2, -0.15) is 0 Å². The third-order valence-electron chi connectivity index (χ3n) is 5.80. The van der Waals surface area contributed by atoms with Crippen LogP contribution in [0.25, 0.3) is 5.70 Å². The number of anilines is 1. The molecule has 1 aliphatic heterocycles. The molecule has 1 unspecified atom stereocenters. The van der Waals surface area contributed by atoms with Gasteiger partial charge in [0.25, 0.3) is 0 Å². The normalized spacial score (nSPS) is 14.9. The molecule has 0 bridgehead atoms. The van der Waals surface area contributed by atoms with E-state index in [0.717, 1.165) is 69.6 Å². The Morgan fingerprint density at radius 3 is 2.73 bits per heavy atom. The van der Waals surface area contributed by atoms with E-state index in [2.05, 4.69) is 82.0 Å². The first kappa shape index (κ1) is 22.2. The van der Waals surface area contributed by atoms with Crippen LogP contribution in [0.3, 0.4) is 0 Å². The topological polar surface area (TPSA) is 56.3 Å². The van der Waals surface area contributed by atoms with Crippen molar-refractivity contribution in [2.24, 2.45) is 5.92 Å². The molecule has 0 fully saturated rings. The van der Waals surface area contributed by atoms with Crippen molar-refractivity contribution in [3.8, 4) is 0 Å². The van der Waals surface area contributed by atoms with Crippen molar-refractivity contribution in [1.29, 1.82) is 0 Å². The summed E-state index contributed by atoms with van der Waals surface area (Å²) in [7, 11) is 0. The monoisotopic (exact) mass is 408 g/mol. The highest BCUT2D eigenvalue weighted by molar-refractivity contribution is 5.60. The molecule has 1 aromatic carbocycles. The highest BCUT2D eigenvalue weighted by atomic mass is 15.2. The van der Waals surface area contributed by atoms with E-state index in [1.165, 1.54) is 11.1 Å². The Balaban J connectivity index is 1.45. The number of hydrogen-bond donors (Lipinski definition) is 2. The summed E-state index contributed by atoms with van der Waals surface area (Å²) in [6.45, 7) is 17.7. The quantitative estimate of drug-likeness (QED) is 0.556. The fourth-order valence-electron chi connectivity index (χ4n) is 3.86. The Morgan fingerprint density at radius 2 is 1.97 bits per heavy atom. The van der Waals surface area contributed by atoms with Gasteiger partial charge in [0.15, 0.2) is 0 Å². The van der Waals surface area contributed by atoms with E-state index in [0.29, 0.717) is 5.92 Å². The van der Waals surface area contributed by atoms with Gasteiger partial charge in [-0.25, -0.2) is 9.97 Å². The summed E-state index contributed by atoms with van der Waals surface area (Å²) in [6, 6.07) is 10.8. The lowest BCUT2D eigenvalue weighted by atomic mass is 9.99. The van der Waals surface area contributed by atoms with Crippen LogP contribution in [0.4, 0.5) is 5.82 Å². The lowest BCUT2D eigenvalue weighted by Gasteiger charge is -2.31. The minimum atomic E-state index is 0.522. The van der Waals surface area contributed by atoms with Gasteiger partial charge in [-0.1, -0.05) is 51.6 Å². The third kappa shape index (κ3) is 6.28. The van der Waals surface area contributed by atoms with Crippen molar-refractivity contribution in [3.63, 3.8) is 0 Å². The lowest BCUT2D eigenvalue weighted by molar-refractivity contribution is 0.220. The van der Waals surface area contributed by atoms with E-state index < -0.39 is 0 Å². The summed E-state index contributed by atoms with van der Waals surface area (Å²) >= 11 is 0. The Kier molecular flexibility index (Phi) is 8.22. The van der Waals surface area contributed by atoms with E-state index >= 15 is 0 Å². The summed E-state index contributed by atoms with van der Waals surface area (Å²) in [5.41, 5.74) is 4.66. The predicted octanol–water partition coefficient (Wildman–Crippen LogP) is 3.44. The summed E-state index contributed by atoms with van der Waals surface area (Å²) < 4.78 is 0. The van der Waals surface area contributed by atoms with Crippen LogP contribution in [0, 0.1) is 5.92 Å². The molecule has 1 atom stereocenters. The van der Waals surface area contributed by atoms with Crippen molar-refractivity contribution in [2.45, 2.75) is 33.7 Å². The van der Waals surface area contributed by atoms with Gasteiger partial charge < -0.3 is 10.6 Å². The molecule has 0 radical (unpaired) electrons. The second kappa shape index (κ2) is 11.1. The summed E-state index contributed by atoms with van der Waals surface area (Å²) in [4.78, 5) is 13.6. The standard InChI is InChI=1S/C24H36N6/c1-5-29(6-2)18-28-24-13-23(26-17-27-24)20(4)25-14-19(3)15-30-12-11-21-9-7-8-10-22(21)16-30/h7-10,13,17,19,25H,4-6,11-12,14-16,18H2,1-3H3,(H,26,27,28). The first-order valence-electron chi connectivity index (χ1n) is 11.1. The molecule has 162 valence electrons. The molecule has 1 aromatic heterocycles. The zero-order valence-electron chi connectivity index (χ0n) is 18.7. The summed E-state index contributed by atoms with van der Waals surface area (Å²) in [6.07, 6.45) is 2.74. The maximum atomic E-state index is 4.39. The van der Waals surface area contributed by atoms with Gasteiger partial charge in [0.1, 0.15) is 12.1 Å². The van der Waals surface area contributed by atoms with Gasteiger partial charge in [0.2, 0.25) is 0 Å². The van der Waals surface area contributed by atoms with E-state index in [1.54, 1.807) is 6.33 Å². The SMILES string of the molecule is C=C(NCC(C)CN1CCc2ccccc2C1)c1cc(NCN(CC)CC)ncn1. The number of nitrogens with zero attached hydrogens (tertiary/aromatic N) is 4. The van der Waals surface area contributed by atoms with Crippen molar-refractivity contribution >= 4 is 11.5 Å². The first-order chi connectivity index (χ1) is 14.6. The molecule has 30 heavy (non-hydrogen) atoms. The van der Waals surface area contributed by atoms with Crippen LogP contribution in [-0.4, -0.2) is 59.2 Å². The van der Waals surface area contributed by atoms with Crippen molar-refractivity contribution in [2.75, 3.05) is 44.7 Å². The van der Waals surface area contributed by atoms with Crippen LogP contribution in [0.15, 0.2) is 43.2 Å². The third-order valence-corrected chi connectivity index (χ3v) is 5.80. The number of rotatable bonds is 11. The van der Waals surface area contributed by atoms with Crippen LogP contribution in [0.2, 0.25) is 0 Å². The molecule has 3 rings (SSSR count). The van der Waals surface area contributed by atoms with Crippen LogP contribution in [-0.2, 0) is 13.0 Å². The summed E-state index contributed by atoms with van der Waals surface area (Å²) in [5, 5.41) is 6.84. The molecular weight excluding hydrogens is 372 g/mol. The first-order valence-corrected chi connectivity index (χ1v) is 11.1. The molecule has 0 aliphatic carbocycles. The average molecular weight is 409 g/mol. The zero-order valence-corrected chi connectivity index (χ0v) is 18.7. The average Bonchev–Trinajstić information content (AvgIpc) is 2.78. The maximum absolute atomic E-state index is 4.39. The molecule has 1 aliphatic rings. The minimum absolute atomic E-state index is 0.522. The molecule has 2 aromatic rings. The molecule has 0 saturated heterocycles. The molecule has 6 nitrogen and oxygen atoms in total. The second-order valence-electron chi connectivity index (χ2n) is 8.15. The lowest BCUT2D eigenvalue weighted by Crippen LogP contribution is -2.36. The largest absolute Gasteiger partial charge is 0.383 e. The Morgan fingerprint density at radius 1 is 1.20 bits per heavy atom. The maximum Gasteiger partial charge on any atom is 0.131 e. The molecule has 0 saturated carbocycles. The molecule has 0 spiro atoms. The Labute approximate surface area is 181 Å². The molecular formula is C24H36N6. The van der Waals surface area contributed by atoms with Gasteiger partial charge in [-0.05, 0) is 36.6 Å². The zero-order chi connectivity index (χ0) is 21.3. The van der Waals surface area contributed by atoms with Crippen LogP contribution in [0.5, 0.6) is 0 Å². The van der Waals surface area contributed by atoms with Gasteiger partial charge in [0, 0.05) is 32.2 Å². The van der Waals surface area contributed by atoms with Crippen LogP contribution in [0.1, 0.15) is 37.6 Å². The molecule has 2 heterocycles. The Bertz CT molecular complexity index is 817. The minimum Gasteiger partial charge on any atom is -0.383 e. The van der Waals surface area contributed by atoms with Crippen LogP contribution >= 0.6 is 0 Å². The summed E-state index contributed by atoms with van der Waals surface area (Å²) in [5.74, 6) is 1.35. The van der Waals surface area contributed by atoms with Gasteiger partial charge >= 0.3 is 0 Å². The fourth-order valence-corrected chi connectivity index (χ4v) is 3.86. The fraction of sp³-hybridized carbons (Fsp3) is 0.500. The predicted molar refractivity (Wildman–Crippen MR) is 125 cm³/mol. The molecule has 2 N–H and O–H groups in total. The molecule has 0 amide bonds.